The summed E-state index contributed by atoms with van der Waals surface area (Å²) in [4.78, 5) is 4.34. The van der Waals surface area contributed by atoms with E-state index in [0.717, 1.165) is 37.3 Å². The fraction of sp³-hybridized carbons (Fsp3) is 0.583. The number of aliphatic hydroxyl groups is 1. The number of pyridine rings is 1. The highest BCUT2D eigenvalue weighted by molar-refractivity contribution is 5.61. The van der Waals surface area contributed by atoms with E-state index in [0.29, 0.717) is 11.6 Å². The lowest BCUT2D eigenvalue weighted by atomic mass is 10.1. The summed E-state index contributed by atoms with van der Waals surface area (Å²) in [5.41, 5.74) is 7.43. The summed E-state index contributed by atoms with van der Waals surface area (Å²) in [6.07, 6.45) is 2.95. The Labute approximate surface area is 95.9 Å². The van der Waals surface area contributed by atoms with Crippen LogP contribution in [0.2, 0.25) is 0 Å². The molecule has 4 nitrogen and oxygen atoms in total. The third-order valence-electron chi connectivity index (χ3n) is 3.22. The number of aromatic nitrogens is 1. The number of rotatable bonds is 3. The lowest BCUT2D eigenvalue weighted by molar-refractivity contribution is 0.138. The molecule has 0 radical (unpaired) electrons. The molecule has 1 fully saturated rings. The quantitative estimate of drug-likeness (QED) is 0.724. The van der Waals surface area contributed by atoms with E-state index in [4.69, 9.17) is 5.73 Å². The number of hydrogen-bond acceptors (Lipinski definition) is 4. The predicted molar refractivity (Wildman–Crippen MR) is 65.2 cm³/mol. The lowest BCUT2D eigenvalue weighted by Crippen LogP contribution is -2.22. The molecule has 0 spiro atoms. The molecule has 1 saturated carbocycles. The molecule has 4 heteroatoms. The van der Waals surface area contributed by atoms with Gasteiger partial charge < -0.3 is 16.2 Å². The van der Waals surface area contributed by atoms with Gasteiger partial charge in [0.05, 0.1) is 11.8 Å². The van der Waals surface area contributed by atoms with Gasteiger partial charge in [-0.25, -0.2) is 4.98 Å². The summed E-state index contributed by atoms with van der Waals surface area (Å²) in [6, 6.07) is 3.75. The molecule has 4 N–H and O–H groups in total. The van der Waals surface area contributed by atoms with Crippen LogP contribution in [-0.2, 0) is 0 Å². The zero-order chi connectivity index (χ0) is 11.5. The van der Waals surface area contributed by atoms with Gasteiger partial charge in [0, 0.05) is 18.2 Å². The molecule has 2 atom stereocenters. The normalized spacial score (nSPS) is 24.6. The van der Waals surface area contributed by atoms with E-state index in [9.17, 15) is 5.11 Å². The van der Waals surface area contributed by atoms with Gasteiger partial charge in [-0.2, -0.15) is 0 Å². The van der Waals surface area contributed by atoms with Crippen molar-refractivity contribution in [2.45, 2.75) is 32.3 Å². The Hall–Kier alpha value is -1.29. The van der Waals surface area contributed by atoms with Crippen LogP contribution in [0.5, 0.6) is 0 Å². The summed E-state index contributed by atoms with van der Waals surface area (Å²) >= 11 is 0. The fourth-order valence-corrected chi connectivity index (χ4v) is 2.19. The number of nitrogens with one attached hydrogen (secondary N) is 1. The van der Waals surface area contributed by atoms with Crippen molar-refractivity contribution < 1.29 is 5.11 Å². The number of aliphatic hydroxyl groups excluding tert-OH is 1. The molecular formula is C12H19N3O. The van der Waals surface area contributed by atoms with Crippen LogP contribution in [0.3, 0.4) is 0 Å². The van der Waals surface area contributed by atoms with Crippen molar-refractivity contribution in [2.75, 3.05) is 17.6 Å². The van der Waals surface area contributed by atoms with Crippen LogP contribution in [0.25, 0.3) is 0 Å². The molecule has 1 aliphatic rings. The van der Waals surface area contributed by atoms with E-state index in [-0.39, 0.29) is 6.10 Å². The number of hydrogen-bond donors (Lipinski definition) is 3. The maximum absolute atomic E-state index is 9.70. The second-order valence-electron chi connectivity index (χ2n) is 4.53. The Balaban J connectivity index is 1.96. The largest absolute Gasteiger partial charge is 0.396 e. The predicted octanol–water partition coefficient (Wildman–Crippen LogP) is 1.55. The first-order valence-electron chi connectivity index (χ1n) is 5.82. The van der Waals surface area contributed by atoms with Gasteiger partial charge in [-0.3, -0.25) is 0 Å². The molecule has 0 bridgehead atoms. The molecule has 0 aliphatic heterocycles. The molecule has 1 heterocycles. The Kier molecular flexibility index (Phi) is 3.29. The minimum atomic E-state index is -0.168. The van der Waals surface area contributed by atoms with Gasteiger partial charge in [-0.15, -0.1) is 0 Å². The molecular weight excluding hydrogens is 202 g/mol. The summed E-state index contributed by atoms with van der Waals surface area (Å²) < 4.78 is 0. The second-order valence-corrected chi connectivity index (χ2v) is 4.53. The monoisotopic (exact) mass is 221 g/mol. The van der Waals surface area contributed by atoms with Crippen LogP contribution in [0.1, 0.15) is 25.0 Å². The van der Waals surface area contributed by atoms with Gasteiger partial charge in [0.2, 0.25) is 0 Å². The van der Waals surface area contributed by atoms with Gasteiger partial charge in [0.15, 0.2) is 0 Å². The molecule has 88 valence electrons. The minimum absolute atomic E-state index is 0.168. The van der Waals surface area contributed by atoms with E-state index in [2.05, 4.69) is 10.3 Å². The summed E-state index contributed by atoms with van der Waals surface area (Å²) in [5.74, 6) is 1.07. The minimum Gasteiger partial charge on any atom is -0.396 e. The van der Waals surface area contributed by atoms with E-state index >= 15 is 0 Å². The van der Waals surface area contributed by atoms with Crippen molar-refractivity contribution in [3.8, 4) is 0 Å². The van der Waals surface area contributed by atoms with Crippen molar-refractivity contribution in [1.29, 1.82) is 0 Å². The molecule has 1 aromatic rings. The van der Waals surface area contributed by atoms with E-state index in [1.54, 1.807) is 0 Å². The summed E-state index contributed by atoms with van der Waals surface area (Å²) in [6.45, 7) is 2.69. The van der Waals surface area contributed by atoms with E-state index in [1.165, 1.54) is 0 Å². The van der Waals surface area contributed by atoms with E-state index < -0.39 is 0 Å². The Morgan fingerprint density at radius 1 is 1.50 bits per heavy atom. The zero-order valence-electron chi connectivity index (χ0n) is 9.61. The van der Waals surface area contributed by atoms with Crippen molar-refractivity contribution in [2.24, 2.45) is 5.92 Å². The highest BCUT2D eigenvalue weighted by Gasteiger charge is 2.24. The number of nitrogens with zero attached hydrogens (tertiary/aromatic N) is 1. The third-order valence-corrected chi connectivity index (χ3v) is 3.22. The summed E-state index contributed by atoms with van der Waals surface area (Å²) in [5, 5.41) is 12.9. The van der Waals surface area contributed by atoms with Gasteiger partial charge in [-0.05, 0) is 31.9 Å². The average Bonchev–Trinajstić information content (AvgIpc) is 2.66. The Morgan fingerprint density at radius 3 is 3.00 bits per heavy atom. The Morgan fingerprint density at radius 2 is 2.31 bits per heavy atom. The molecule has 1 aromatic heterocycles. The molecule has 2 unspecified atom stereocenters. The van der Waals surface area contributed by atoms with Crippen LogP contribution in [0.15, 0.2) is 12.1 Å². The first-order chi connectivity index (χ1) is 7.66. The molecule has 16 heavy (non-hydrogen) atoms. The SMILES string of the molecule is Cc1ccc(N)c(NCC2CCCC2O)n1. The van der Waals surface area contributed by atoms with Crippen LogP contribution < -0.4 is 11.1 Å². The second kappa shape index (κ2) is 4.70. The zero-order valence-corrected chi connectivity index (χ0v) is 9.61. The van der Waals surface area contributed by atoms with Gasteiger partial charge in [0.25, 0.3) is 0 Å². The van der Waals surface area contributed by atoms with Crippen LogP contribution in [-0.4, -0.2) is 22.7 Å². The Bertz CT molecular complexity index is 367. The first-order valence-corrected chi connectivity index (χ1v) is 5.82. The number of nitrogens with two attached hydrogens (primary N) is 1. The highest BCUT2D eigenvalue weighted by Crippen LogP contribution is 2.26. The van der Waals surface area contributed by atoms with Crippen LogP contribution in [0, 0.1) is 12.8 Å². The summed E-state index contributed by atoms with van der Waals surface area (Å²) in [7, 11) is 0. The van der Waals surface area contributed by atoms with Crippen molar-refractivity contribution in [3.05, 3.63) is 17.8 Å². The van der Waals surface area contributed by atoms with Gasteiger partial charge >= 0.3 is 0 Å². The van der Waals surface area contributed by atoms with Crippen LogP contribution >= 0.6 is 0 Å². The maximum atomic E-state index is 9.70. The topological polar surface area (TPSA) is 71.2 Å². The van der Waals surface area contributed by atoms with E-state index in [1.807, 2.05) is 19.1 Å². The number of nitrogen functional groups attached to an aromatic ring is 1. The number of anilines is 2. The van der Waals surface area contributed by atoms with Crippen molar-refractivity contribution in [1.82, 2.24) is 4.98 Å². The van der Waals surface area contributed by atoms with Gasteiger partial charge in [-0.1, -0.05) is 6.42 Å². The maximum Gasteiger partial charge on any atom is 0.149 e. The molecule has 0 aromatic carbocycles. The molecule has 2 rings (SSSR count). The number of aryl methyl sites for hydroxylation is 1. The lowest BCUT2D eigenvalue weighted by Gasteiger charge is -2.16. The van der Waals surface area contributed by atoms with Gasteiger partial charge in [0.1, 0.15) is 5.82 Å². The highest BCUT2D eigenvalue weighted by atomic mass is 16.3. The smallest absolute Gasteiger partial charge is 0.149 e. The first kappa shape index (κ1) is 11.2. The molecule has 0 amide bonds. The standard InChI is InChI=1S/C12H19N3O/c1-8-5-6-10(13)12(15-8)14-7-9-3-2-4-11(9)16/h5-6,9,11,16H,2-4,7,13H2,1H3,(H,14,15). The average molecular weight is 221 g/mol. The molecule has 1 aliphatic carbocycles. The van der Waals surface area contributed by atoms with Crippen molar-refractivity contribution in [3.63, 3.8) is 0 Å². The van der Waals surface area contributed by atoms with Crippen LogP contribution in [0.4, 0.5) is 11.5 Å². The van der Waals surface area contributed by atoms with Crippen molar-refractivity contribution >= 4 is 11.5 Å². The fourth-order valence-electron chi connectivity index (χ4n) is 2.19. The third kappa shape index (κ3) is 2.44. The molecule has 0 saturated heterocycles.